The first kappa shape index (κ1) is 20.7. The molecule has 2 saturated heterocycles. The Hall–Kier alpha value is -3.22. The molecule has 3 aliphatic heterocycles. The highest BCUT2D eigenvalue weighted by Gasteiger charge is 2.48. The summed E-state index contributed by atoms with van der Waals surface area (Å²) in [6.45, 7) is 1.80. The van der Waals surface area contributed by atoms with Crippen molar-refractivity contribution in [2.45, 2.75) is 44.2 Å². The van der Waals surface area contributed by atoms with E-state index in [9.17, 15) is 19.8 Å². The average molecular weight is 436 g/mol. The molecule has 0 aromatic heterocycles. The van der Waals surface area contributed by atoms with Gasteiger partial charge in [0.2, 0.25) is 5.91 Å². The van der Waals surface area contributed by atoms with Crippen LogP contribution in [0.25, 0.3) is 0 Å². The lowest BCUT2D eigenvalue weighted by Gasteiger charge is -2.51. The number of rotatable bonds is 3. The van der Waals surface area contributed by atoms with Gasteiger partial charge in [0.15, 0.2) is 11.5 Å². The molecule has 0 radical (unpaired) electrons. The molecule has 2 aromatic rings. The molecular weight excluding hydrogens is 406 g/mol. The number of likely N-dealkylation sites (tertiary alicyclic amines) is 1. The van der Waals surface area contributed by atoms with Crippen molar-refractivity contribution in [1.82, 2.24) is 15.1 Å². The van der Waals surface area contributed by atoms with Gasteiger partial charge in [0, 0.05) is 25.7 Å². The molecule has 0 bridgehead atoms. The lowest BCUT2D eigenvalue weighted by atomic mass is 9.76. The van der Waals surface area contributed by atoms with Crippen LogP contribution in [0.15, 0.2) is 42.5 Å². The van der Waals surface area contributed by atoms with E-state index in [2.05, 4.69) is 5.32 Å². The molecule has 0 spiro atoms. The standard InChI is InChI=1S/C25H29N3O4/c29-22-13-17-9-12-27-21(19(17)14-23(22)30)15-20-18(24(27)31)7-4-11-28(20)25(32)26-10-8-16-5-2-1-3-6-16/h1-3,5-6,13-14,18,20-21,29-30H,4,7-12,15H2,(H,26,32)/t18-,20-,21+/m1/s1. The monoisotopic (exact) mass is 435 g/mol. The number of piperidine rings is 2. The number of nitrogens with zero attached hydrogens (tertiary/aromatic N) is 2. The number of phenolic OH excluding ortho intramolecular Hbond substituents is 2. The van der Waals surface area contributed by atoms with Gasteiger partial charge in [0.1, 0.15) is 0 Å². The van der Waals surface area contributed by atoms with Crippen molar-refractivity contribution in [3.05, 3.63) is 59.2 Å². The van der Waals surface area contributed by atoms with Gasteiger partial charge in [-0.1, -0.05) is 30.3 Å². The highest BCUT2D eigenvalue weighted by Crippen LogP contribution is 2.45. The minimum absolute atomic E-state index is 0.103. The maximum absolute atomic E-state index is 13.4. The zero-order valence-corrected chi connectivity index (χ0v) is 18.0. The van der Waals surface area contributed by atoms with Crippen LogP contribution in [0.2, 0.25) is 0 Å². The Kier molecular flexibility index (Phi) is 5.41. The summed E-state index contributed by atoms with van der Waals surface area (Å²) in [7, 11) is 0. The fourth-order valence-electron chi connectivity index (χ4n) is 5.64. The molecule has 0 saturated carbocycles. The zero-order valence-electron chi connectivity index (χ0n) is 18.0. The van der Waals surface area contributed by atoms with Gasteiger partial charge in [-0.3, -0.25) is 4.79 Å². The van der Waals surface area contributed by atoms with Crippen LogP contribution in [0.3, 0.4) is 0 Å². The first-order chi connectivity index (χ1) is 15.5. The van der Waals surface area contributed by atoms with Crippen LogP contribution in [0.5, 0.6) is 11.5 Å². The van der Waals surface area contributed by atoms with Gasteiger partial charge >= 0.3 is 6.03 Å². The van der Waals surface area contributed by atoms with Crippen LogP contribution in [-0.4, -0.2) is 57.6 Å². The number of aromatic hydroxyl groups is 2. The maximum Gasteiger partial charge on any atom is 0.317 e. The maximum atomic E-state index is 13.4. The van der Waals surface area contributed by atoms with Gasteiger partial charge in [0.25, 0.3) is 0 Å². The second-order valence-electron chi connectivity index (χ2n) is 9.05. The topological polar surface area (TPSA) is 93.1 Å². The summed E-state index contributed by atoms with van der Waals surface area (Å²) >= 11 is 0. The number of amides is 3. The number of carbonyl (C=O) groups is 2. The number of phenols is 2. The van der Waals surface area contributed by atoms with E-state index in [-0.39, 0.29) is 41.4 Å². The van der Waals surface area contributed by atoms with Gasteiger partial charge in [-0.25, -0.2) is 4.79 Å². The van der Waals surface area contributed by atoms with Crippen molar-refractivity contribution in [2.75, 3.05) is 19.6 Å². The molecule has 3 atom stereocenters. The van der Waals surface area contributed by atoms with Crippen molar-refractivity contribution >= 4 is 11.9 Å². The van der Waals surface area contributed by atoms with E-state index in [1.807, 2.05) is 40.1 Å². The van der Waals surface area contributed by atoms with Gasteiger partial charge in [0.05, 0.1) is 12.0 Å². The van der Waals surface area contributed by atoms with Crippen LogP contribution in [0.4, 0.5) is 4.79 Å². The normalized spacial score (nSPS) is 24.4. The molecular formula is C25H29N3O4. The molecule has 0 aliphatic carbocycles. The minimum Gasteiger partial charge on any atom is -0.504 e. The Bertz CT molecular complexity index is 1030. The second-order valence-corrected chi connectivity index (χ2v) is 9.05. The Balaban J connectivity index is 1.33. The lowest BCUT2D eigenvalue weighted by Crippen LogP contribution is -2.61. The Labute approximate surface area is 187 Å². The first-order valence-corrected chi connectivity index (χ1v) is 11.5. The highest BCUT2D eigenvalue weighted by atomic mass is 16.3. The summed E-state index contributed by atoms with van der Waals surface area (Å²) < 4.78 is 0. The van der Waals surface area contributed by atoms with Crippen molar-refractivity contribution in [3.8, 4) is 11.5 Å². The van der Waals surface area contributed by atoms with E-state index in [0.717, 1.165) is 30.4 Å². The van der Waals surface area contributed by atoms with E-state index in [0.29, 0.717) is 32.5 Å². The minimum atomic E-state index is -0.184. The third-order valence-corrected chi connectivity index (χ3v) is 7.23. The number of carbonyl (C=O) groups excluding carboxylic acids is 2. The van der Waals surface area contributed by atoms with Gasteiger partial charge in [-0.2, -0.15) is 0 Å². The number of urea groups is 1. The number of nitrogens with one attached hydrogen (secondary N) is 1. The molecule has 0 unspecified atom stereocenters. The Morgan fingerprint density at radius 3 is 2.69 bits per heavy atom. The Morgan fingerprint density at radius 2 is 1.88 bits per heavy atom. The van der Waals surface area contributed by atoms with Crippen molar-refractivity contribution in [1.29, 1.82) is 0 Å². The molecule has 32 heavy (non-hydrogen) atoms. The molecule has 7 heteroatoms. The summed E-state index contributed by atoms with van der Waals surface area (Å²) in [4.78, 5) is 30.2. The van der Waals surface area contributed by atoms with Crippen LogP contribution in [0.1, 0.15) is 42.0 Å². The van der Waals surface area contributed by atoms with Crippen molar-refractivity contribution in [2.24, 2.45) is 5.92 Å². The number of benzene rings is 2. The first-order valence-electron chi connectivity index (χ1n) is 11.5. The summed E-state index contributed by atoms with van der Waals surface area (Å²) in [6, 6.07) is 12.8. The van der Waals surface area contributed by atoms with E-state index < -0.39 is 0 Å². The molecule has 168 valence electrons. The van der Waals surface area contributed by atoms with Crippen LogP contribution >= 0.6 is 0 Å². The lowest BCUT2D eigenvalue weighted by molar-refractivity contribution is -0.148. The number of hydrogen-bond donors (Lipinski definition) is 3. The second kappa shape index (κ2) is 8.37. The predicted octanol–water partition coefficient (Wildman–Crippen LogP) is 2.96. The largest absolute Gasteiger partial charge is 0.504 e. The smallest absolute Gasteiger partial charge is 0.317 e. The molecule has 7 nitrogen and oxygen atoms in total. The van der Waals surface area contributed by atoms with Crippen molar-refractivity contribution in [3.63, 3.8) is 0 Å². The highest BCUT2D eigenvalue weighted by molar-refractivity contribution is 5.83. The molecule has 3 N–H and O–H groups in total. The fourth-order valence-corrected chi connectivity index (χ4v) is 5.64. The predicted molar refractivity (Wildman–Crippen MR) is 119 cm³/mol. The van der Waals surface area contributed by atoms with Gasteiger partial charge < -0.3 is 25.3 Å². The van der Waals surface area contributed by atoms with E-state index in [1.54, 1.807) is 12.1 Å². The molecule has 5 rings (SSSR count). The third-order valence-electron chi connectivity index (χ3n) is 7.23. The fraction of sp³-hybridized carbons (Fsp3) is 0.440. The van der Waals surface area contributed by atoms with Crippen molar-refractivity contribution < 1.29 is 19.8 Å². The van der Waals surface area contributed by atoms with Gasteiger partial charge in [-0.15, -0.1) is 0 Å². The Morgan fingerprint density at radius 1 is 1.09 bits per heavy atom. The summed E-state index contributed by atoms with van der Waals surface area (Å²) in [5.74, 6) is -0.369. The SMILES string of the molecule is O=C(NCCc1ccccc1)N1CCC[C@H]2C(=O)N3CCc4cc(O)c(O)cc4[C@@H]3C[C@H]21. The zero-order chi connectivity index (χ0) is 22.2. The van der Waals surface area contributed by atoms with E-state index in [4.69, 9.17) is 0 Å². The summed E-state index contributed by atoms with van der Waals surface area (Å²) in [6.07, 6.45) is 3.70. The average Bonchev–Trinajstić information content (AvgIpc) is 2.80. The quantitative estimate of drug-likeness (QED) is 0.647. The number of fused-ring (bicyclic) bond motifs is 4. The van der Waals surface area contributed by atoms with Gasteiger partial charge in [-0.05, 0) is 60.9 Å². The summed E-state index contributed by atoms with van der Waals surface area (Å²) in [5.41, 5.74) is 3.02. The van der Waals surface area contributed by atoms with E-state index in [1.165, 1.54) is 5.56 Å². The molecule has 2 aromatic carbocycles. The molecule has 3 aliphatic rings. The molecule has 3 amide bonds. The van der Waals surface area contributed by atoms with Crippen LogP contribution < -0.4 is 5.32 Å². The number of hydrogen-bond acceptors (Lipinski definition) is 4. The van der Waals surface area contributed by atoms with Crippen LogP contribution in [-0.2, 0) is 17.6 Å². The summed E-state index contributed by atoms with van der Waals surface area (Å²) in [5, 5.41) is 23.0. The third kappa shape index (κ3) is 3.66. The van der Waals surface area contributed by atoms with E-state index >= 15 is 0 Å². The molecule has 2 fully saturated rings. The van der Waals surface area contributed by atoms with Crippen LogP contribution in [0, 0.1) is 5.92 Å². The molecule has 3 heterocycles.